The van der Waals surface area contributed by atoms with E-state index in [9.17, 15) is 0 Å². The van der Waals surface area contributed by atoms with E-state index in [1.807, 2.05) is 0 Å². The minimum absolute atomic E-state index is 0.382. The Morgan fingerprint density at radius 3 is 3.14 bits per heavy atom. The SMILES string of the molecule is CCNC(C)c1cccc2c1OCC2. The largest absolute Gasteiger partial charge is 0.493 e. The molecule has 0 saturated heterocycles. The summed E-state index contributed by atoms with van der Waals surface area (Å²) in [6.45, 7) is 6.14. The molecule has 2 rings (SSSR count). The summed E-state index contributed by atoms with van der Waals surface area (Å²) in [5.74, 6) is 1.11. The first kappa shape index (κ1) is 9.53. The Hall–Kier alpha value is -1.02. The highest BCUT2D eigenvalue weighted by Gasteiger charge is 2.18. The lowest BCUT2D eigenvalue weighted by Gasteiger charge is -2.15. The highest BCUT2D eigenvalue weighted by molar-refractivity contribution is 5.45. The molecule has 1 aromatic carbocycles. The molecular formula is C12H17NO. The van der Waals surface area contributed by atoms with Crippen LogP contribution >= 0.6 is 0 Å². The molecule has 2 nitrogen and oxygen atoms in total. The smallest absolute Gasteiger partial charge is 0.127 e. The number of rotatable bonds is 3. The lowest BCUT2D eigenvalue weighted by Crippen LogP contribution is -2.18. The maximum Gasteiger partial charge on any atom is 0.127 e. The average Bonchev–Trinajstić information content (AvgIpc) is 2.65. The highest BCUT2D eigenvalue weighted by Crippen LogP contribution is 2.33. The molecule has 1 heterocycles. The third kappa shape index (κ3) is 1.62. The number of fused-ring (bicyclic) bond motifs is 1. The Balaban J connectivity index is 2.29. The molecule has 0 aliphatic carbocycles. The number of ether oxygens (including phenoxy) is 1. The quantitative estimate of drug-likeness (QED) is 0.791. The number of hydrogen-bond donors (Lipinski definition) is 1. The van der Waals surface area contributed by atoms with Gasteiger partial charge in [-0.1, -0.05) is 25.1 Å². The van der Waals surface area contributed by atoms with Crippen molar-refractivity contribution in [3.8, 4) is 5.75 Å². The van der Waals surface area contributed by atoms with E-state index in [0.29, 0.717) is 6.04 Å². The molecule has 0 spiro atoms. The zero-order valence-electron chi connectivity index (χ0n) is 8.84. The third-order valence-electron chi connectivity index (χ3n) is 2.72. The predicted octanol–water partition coefficient (Wildman–Crippen LogP) is 2.29. The van der Waals surface area contributed by atoms with Crippen LogP contribution in [-0.4, -0.2) is 13.2 Å². The number of hydrogen-bond acceptors (Lipinski definition) is 2. The summed E-state index contributed by atoms with van der Waals surface area (Å²) in [6, 6.07) is 6.81. The van der Waals surface area contributed by atoms with Crippen LogP contribution in [0.4, 0.5) is 0 Å². The van der Waals surface area contributed by atoms with Crippen LogP contribution in [0.3, 0.4) is 0 Å². The van der Waals surface area contributed by atoms with E-state index in [4.69, 9.17) is 4.74 Å². The molecule has 1 aliphatic rings. The molecule has 0 bridgehead atoms. The van der Waals surface area contributed by atoms with Gasteiger partial charge in [0, 0.05) is 18.0 Å². The van der Waals surface area contributed by atoms with Crippen LogP contribution in [-0.2, 0) is 6.42 Å². The van der Waals surface area contributed by atoms with Crippen molar-refractivity contribution < 1.29 is 4.74 Å². The minimum Gasteiger partial charge on any atom is -0.493 e. The number of para-hydroxylation sites is 1. The first-order valence-electron chi connectivity index (χ1n) is 5.31. The van der Waals surface area contributed by atoms with Crippen molar-refractivity contribution in [1.82, 2.24) is 5.32 Å². The van der Waals surface area contributed by atoms with Crippen LogP contribution in [0.5, 0.6) is 5.75 Å². The second kappa shape index (κ2) is 4.01. The molecule has 0 radical (unpaired) electrons. The van der Waals surface area contributed by atoms with Crippen molar-refractivity contribution >= 4 is 0 Å². The Morgan fingerprint density at radius 1 is 1.50 bits per heavy atom. The van der Waals surface area contributed by atoms with E-state index in [-0.39, 0.29) is 0 Å². The number of benzene rings is 1. The van der Waals surface area contributed by atoms with Crippen molar-refractivity contribution in [3.05, 3.63) is 29.3 Å². The summed E-state index contributed by atoms with van der Waals surface area (Å²) < 4.78 is 5.66. The van der Waals surface area contributed by atoms with Gasteiger partial charge in [0.25, 0.3) is 0 Å². The standard InChI is InChI=1S/C12H17NO/c1-3-13-9(2)11-6-4-5-10-7-8-14-12(10)11/h4-6,9,13H,3,7-8H2,1-2H3. The molecule has 0 fully saturated rings. The van der Waals surface area contributed by atoms with Crippen LogP contribution in [0.15, 0.2) is 18.2 Å². The zero-order chi connectivity index (χ0) is 9.97. The molecule has 76 valence electrons. The molecule has 14 heavy (non-hydrogen) atoms. The summed E-state index contributed by atoms with van der Waals surface area (Å²) in [4.78, 5) is 0. The van der Waals surface area contributed by atoms with Gasteiger partial charge in [0.2, 0.25) is 0 Å². The summed E-state index contributed by atoms with van der Waals surface area (Å²) in [6.07, 6.45) is 1.06. The fourth-order valence-electron chi connectivity index (χ4n) is 2.00. The van der Waals surface area contributed by atoms with Crippen LogP contribution in [0.2, 0.25) is 0 Å². The van der Waals surface area contributed by atoms with Crippen molar-refractivity contribution in [2.24, 2.45) is 0 Å². The van der Waals surface area contributed by atoms with Crippen LogP contribution < -0.4 is 10.1 Å². The molecule has 0 aromatic heterocycles. The predicted molar refractivity (Wildman–Crippen MR) is 57.7 cm³/mol. The van der Waals surface area contributed by atoms with Gasteiger partial charge in [-0.3, -0.25) is 0 Å². The monoisotopic (exact) mass is 191 g/mol. The van der Waals surface area contributed by atoms with Crippen molar-refractivity contribution in [1.29, 1.82) is 0 Å². The first-order valence-corrected chi connectivity index (χ1v) is 5.31. The van der Waals surface area contributed by atoms with Gasteiger partial charge < -0.3 is 10.1 Å². The molecule has 0 amide bonds. The van der Waals surface area contributed by atoms with Gasteiger partial charge >= 0.3 is 0 Å². The maximum absolute atomic E-state index is 5.66. The summed E-state index contributed by atoms with van der Waals surface area (Å²) in [7, 11) is 0. The molecule has 1 aliphatic heterocycles. The van der Waals surface area contributed by atoms with E-state index >= 15 is 0 Å². The Morgan fingerprint density at radius 2 is 2.36 bits per heavy atom. The Labute approximate surface area is 85.3 Å². The Kier molecular flexibility index (Phi) is 2.73. The lowest BCUT2D eigenvalue weighted by atomic mass is 10.0. The molecule has 1 unspecified atom stereocenters. The average molecular weight is 191 g/mol. The minimum atomic E-state index is 0.382. The highest BCUT2D eigenvalue weighted by atomic mass is 16.5. The summed E-state index contributed by atoms with van der Waals surface area (Å²) >= 11 is 0. The first-order chi connectivity index (χ1) is 6.83. The molecular weight excluding hydrogens is 174 g/mol. The molecule has 1 aromatic rings. The van der Waals surface area contributed by atoms with Gasteiger partial charge in [-0.25, -0.2) is 0 Å². The van der Waals surface area contributed by atoms with Crippen LogP contribution in [0.25, 0.3) is 0 Å². The molecule has 1 atom stereocenters. The van der Waals surface area contributed by atoms with Crippen molar-refractivity contribution in [2.75, 3.05) is 13.2 Å². The zero-order valence-corrected chi connectivity index (χ0v) is 8.84. The second-order valence-corrected chi connectivity index (χ2v) is 3.71. The molecule has 0 saturated carbocycles. The van der Waals surface area contributed by atoms with E-state index in [1.54, 1.807) is 0 Å². The van der Waals surface area contributed by atoms with Crippen LogP contribution in [0.1, 0.15) is 31.0 Å². The van der Waals surface area contributed by atoms with E-state index in [0.717, 1.165) is 25.3 Å². The van der Waals surface area contributed by atoms with Gasteiger partial charge in [0.15, 0.2) is 0 Å². The maximum atomic E-state index is 5.66. The molecule has 1 N–H and O–H groups in total. The van der Waals surface area contributed by atoms with Gasteiger partial charge in [-0.2, -0.15) is 0 Å². The fraction of sp³-hybridized carbons (Fsp3) is 0.500. The topological polar surface area (TPSA) is 21.3 Å². The van der Waals surface area contributed by atoms with Crippen molar-refractivity contribution in [2.45, 2.75) is 26.3 Å². The summed E-state index contributed by atoms with van der Waals surface area (Å²) in [5.41, 5.74) is 2.65. The Bertz CT molecular complexity index is 322. The van der Waals surface area contributed by atoms with Crippen molar-refractivity contribution in [3.63, 3.8) is 0 Å². The second-order valence-electron chi connectivity index (χ2n) is 3.71. The fourth-order valence-corrected chi connectivity index (χ4v) is 2.00. The summed E-state index contributed by atoms with van der Waals surface area (Å²) in [5, 5.41) is 3.41. The lowest BCUT2D eigenvalue weighted by molar-refractivity contribution is 0.349. The number of nitrogens with one attached hydrogen (secondary N) is 1. The van der Waals surface area contributed by atoms with E-state index < -0.39 is 0 Å². The molecule has 2 heteroatoms. The van der Waals surface area contributed by atoms with Gasteiger partial charge in [0.05, 0.1) is 6.61 Å². The van der Waals surface area contributed by atoms with Gasteiger partial charge in [0.1, 0.15) is 5.75 Å². The van der Waals surface area contributed by atoms with Gasteiger partial charge in [-0.15, -0.1) is 0 Å². The van der Waals surface area contributed by atoms with Gasteiger partial charge in [-0.05, 0) is 19.0 Å². The third-order valence-corrected chi connectivity index (χ3v) is 2.72. The van der Waals surface area contributed by atoms with E-state index in [2.05, 4.69) is 37.4 Å². The van der Waals surface area contributed by atoms with E-state index in [1.165, 1.54) is 11.1 Å². The normalized spacial score (nSPS) is 16.1. The van der Waals surface area contributed by atoms with Crippen LogP contribution in [0, 0.1) is 0 Å².